The minimum atomic E-state index is -0.207. The number of para-hydroxylation sites is 1. The summed E-state index contributed by atoms with van der Waals surface area (Å²) in [6.45, 7) is 0. The van der Waals surface area contributed by atoms with Crippen LogP contribution in [0, 0.1) is 0 Å². The van der Waals surface area contributed by atoms with Crippen molar-refractivity contribution in [3.05, 3.63) is 57.0 Å². The molecule has 0 aliphatic heterocycles. The van der Waals surface area contributed by atoms with E-state index >= 15 is 0 Å². The van der Waals surface area contributed by atoms with Crippen LogP contribution in [0.25, 0.3) is 0 Å². The average Bonchev–Trinajstić information content (AvgIpc) is 2.35. The second-order valence-electron chi connectivity index (χ2n) is 3.64. The van der Waals surface area contributed by atoms with E-state index in [-0.39, 0.29) is 5.91 Å². The Morgan fingerprint density at radius 3 is 2.50 bits per heavy atom. The molecular formula is C13H10Br2N2O. The molecule has 0 heterocycles. The number of hydrogen-bond acceptors (Lipinski definition) is 2. The van der Waals surface area contributed by atoms with Gasteiger partial charge in [0, 0.05) is 10.2 Å². The second kappa shape index (κ2) is 5.54. The number of nitrogens with one attached hydrogen (secondary N) is 1. The normalized spacial score (nSPS) is 10.1. The molecule has 2 aromatic carbocycles. The predicted molar refractivity (Wildman–Crippen MR) is 80.6 cm³/mol. The van der Waals surface area contributed by atoms with Gasteiger partial charge in [-0.2, -0.15) is 0 Å². The molecule has 3 N–H and O–H groups in total. The molecule has 2 aromatic rings. The lowest BCUT2D eigenvalue weighted by Gasteiger charge is -2.09. The number of hydrogen-bond donors (Lipinski definition) is 2. The van der Waals surface area contributed by atoms with Crippen molar-refractivity contribution >= 4 is 49.1 Å². The van der Waals surface area contributed by atoms with Gasteiger partial charge >= 0.3 is 0 Å². The van der Waals surface area contributed by atoms with Crippen LogP contribution in [0.2, 0.25) is 0 Å². The van der Waals surface area contributed by atoms with Crippen molar-refractivity contribution in [2.75, 3.05) is 11.1 Å². The molecule has 0 radical (unpaired) electrons. The highest BCUT2D eigenvalue weighted by Crippen LogP contribution is 2.26. The summed E-state index contributed by atoms with van der Waals surface area (Å²) in [5.74, 6) is -0.207. The number of amides is 1. The topological polar surface area (TPSA) is 55.1 Å². The molecule has 0 aliphatic carbocycles. The van der Waals surface area contributed by atoms with E-state index in [2.05, 4.69) is 37.2 Å². The summed E-state index contributed by atoms with van der Waals surface area (Å²) in [4.78, 5) is 12.1. The third kappa shape index (κ3) is 2.73. The van der Waals surface area contributed by atoms with Crippen LogP contribution in [-0.4, -0.2) is 5.91 Å². The molecule has 5 heteroatoms. The summed E-state index contributed by atoms with van der Waals surface area (Å²) in [5.41, 5.74) is 7.51. The maximum absolute atomic E-state index is 12.1. The molecule has 2 rings (SSSR count). The first-order chi connectivity index (χ1) is 8.59. The first-order valence-corrected chi connectivity index (χ1v) is 6.78. The molecule has 3 nitrogen and oxygen atoms in total. The van der Waals surface area contributed by atoms with Gasteiger partial charge in [-0.3, -0.25) is 4.79 Å². The summed E-state index contributed by atoms with van der Waals surface area (Å²) in [7, 11) is 0. The van der Waals surface area contributed by atoms with Gasteiger partial charge < -0.3 is 11.1 Å². The number of halogens is 2. The van der Waals surface area contributed by atoms with Crippen molar-refractivity contribution in [3.63, 3.8) is 0 Å². The Morgan fingerprint density at radius 2 is 1.78 bits per heavy atom. The zero-order valence-corrected chi connectivity index (χ0v) is 12.5. The van der Waals surface area contributed by atoms with E-state index in [0.29, 0.717) is 15.7 Å². The molecule has 18 heavy (non-hydrogen) atoms. The average molecular weight is 370 g/mol. The van der Waals surface area contributed by atoms with Crippen molar-refractivity contribution in [3.8, 4) is 0 Å². The van der Waals surface area contributed by atoms with Crippen molar-refractivity contribution in [1.29, 1.82) is 0 Å². The predicted octanol–water partition coefficient (Wildman–Crippen LogP) is 4.05. The van der Waals surface area contributed by atoms with Crippen LogP contribution in [0.15, 0.2) is 51.4 Å². The summed E-state index contributed by atoms with van der Waals surface area (Å²) in [6, 6.07) is 12.6. The van der Waals surface area contributed by atoms with Crippen LogP contribution in [0.4, 0.5) is 11.4 Å². The van der Waals surface area contributed by atoms with Gasteiger partial charge in [0.25, 0.3) is 5.91 Å². The number of anilines is 2. The molecule has 0 fully saturated rings. The van der Waals surface area contributed by atoms with Gasteiger partial charge in [-0.25, -0.2) is 0 Å². The van der Waals surface area contributed by atoms with Gasteiger partial charge in [-0.1, -0.05) is 18.2 Å². The lowest BCUT2D eigenvalue weighted by atomic mass is 10.2. The summed E-state index contributed by atoms with van der Waals surface area (Å²) >= 11 is 6.69. The van der Waals surface area contributed by atoms with E-state index in [9.17, 15) is 4.79 Å². The van der Waals surface area contributed by atoms with E-state index in [1.165, 1.54) is 0 Å². The summed E-state index contributed by atoms with van der Waals surface area (Å²) in [6.07, 6.45) is 0. The molecule has 0 bridgehead atoms. The van der Waals surface area contributed by atoms with E-state index in [0.717, 1.165) is 10.2 Å². The first kappa shape index (κ1) is 13.1. The van der Waals surface area contributed by atoms with Crippen LogP contribution in [0.1, 0.15) is 10.4 Å². The standard InChI is InChI=1S/C13H10Br2N2O/c14-9-5-1-2-7-11(9)17-13(18)8-4-3-6-10(16)12(8)15/h1-7H,16H2,(H,17,18). The largest absolute Gasteiger partial charge is 0.398 e. The molecule has 0 aliphatic rings. The molecule has 0 spiro atoms. The molecular weight excluding hydrogens is 360 g/mol. The molecule has 1 amide bonds. The van der Waals surface area contributed by atoms with Crippen LogP contribution >= 0.6 is 31.9 Å². The smallest absolute Gasteiger partial charge is 0.256 e. The summed E-state index contributed by atoms with van der Waals surface area (Å²) < 4.78 is 1.44. The molecule has 0 saturated heterocycles. The Kier molecular flexibility index (Phi) is 4.04. The second-order valence-corrected chi connectivity index (χ2v) is 5.29. The Balaban J connectivity index is 2.28. The van der Waals surface area contributed by atoms with E-state index in [1.807, 2.05) is 24.3 Å². The number of nitrogens with two attached hydrogens (primary N) is 1. The maximum atomic E-state index is 12.1. The Morgan fingerprint density at radius 1 is 1.06 bits per heavy atom. The SMILES string of the molecule is Nc1cccc(C(=O)Nc2ccccc2Br)c1Br. The van der Waals surface area contributed by atoms with Crippen molar-refractivity contribution in [2.45, 2.75) is 0 Å². The maximum Gasteiger partial charge on any atom is 0.256 e. The zero-order valence-electron chi connectivity index (χ0n) is 9.28. The molecule has 92 valence electrons. The Bertz CT molecular complexity index is 599. The number of carbonyl (C=O) groups excluding carboxylic acids is 1. The highest BCUT2D eigenvalue weighted by molar-refractivity contribution is 9.11. The highest BCUT2D eigenvalue weighted by Gasteiger charge is 2.12. The van der Waals surface area contributed by atoms with E-state index < -0.39 is 0 Å². The molecule has 0 unspecified atom stereocenters. The third-order valence-electron chi connectivity index (χ3n) is 2.40. The fourth-order valence-electron chi connectivity index (χ4n) is 1.48. The number of rotatable bonds is 2. The van der Waals surface area contributed by atoms with Gasteiger partial charge in [-0.15, -0.1) is 0 Å². The first-order valence-electron chi connectivity index (χ1n) is 5.19. The summed E-state index contributed by atoms with van der Waals surface area (Å²) in [5, 5.41) is 2.82. The van der Waals surface area contributed by atoms with Gasteiger partial charge in [0.05, 0.1) is 15.7 Å². The van der Waals surface area contributed by atoms with Gasteiger partial charge in [0.1, 0.15) is 0 Å². The van der Waals surface area contributed by atoms with Crippen molar-refractivity contribution < 1.29 is 4.79 Å². The lowest BCUT2D eigenvalue weighted by molar-refractivity contribution is 0.102. The minimum Gasteiger partial charge on any atom is -0.398 e. The third-order valence-corrected chi connectivity index (χ3v) is 3.97. The van der Waals surface area contributed by atoms with E-state index in [1.54, 1.807) is 18.2 Å². The molecule has 0 atom stereocenters. The number of carbonyl (C=O) groups is 1. The van der Waals surface area contributed by atoms with Gasteiger partial charge in [0.15, 0.2) is 0 Å². The molecule has 0 saturated carbocycles. The monoisotopic (exact) mass is 368 g/mol. The Labute approximate surface area is 122 Å². The Hall–Kier alpha value is -1.33. The van der Waals surface area contributed by atoms with Gasteiger partial charge in [0.2, 0.25) is 0 Å². The quantitative estimate of drug-likeness (QED) is 0.784. The number of benzene rings is 2. The van der Waals surface area contributed by atoms with Crippen LogP contribution in [0.3, 0.4) is 0 Å². The van der Waals surface area contributed by atoms with Gasteiger partial charge in [-0.05, 0) is 56.1 Å². The van der Waals surface area contributed by atoms with Crippen LogP contribution < -0.4 is 11.1 Å². The lowest BCUT2D eigenvalue weighted by Crippen LogP contribution is -2.13. The van der Waals surface area contributed by atoms with Crippen LogP contribution in [0.5, 0.6) is 0 Å². The van der Waals surface area contributed by atoms with Crippen LogP contribution in [-0.2, 0) is 0 Å². The van der Waals surface area contributed by atoms with Crippen molar-refractivity contribution in [1.82, 2.24) is 0 Å². The fourth-order valence-corrected chi connectivity index (χ4v) is 2.31. The highest BCUT2D eigenvalue weighted by atomic mass is 79.9. The zero-order chi connectivity index (χ0) is 13.1. The van der Waals surface area contributed by atoms with E-state index in [4.69, 9.17) is 5.73 Å². The minimum absolute atomic E-state index is 0.207. The molecule has 0 aromatic heterocycles. The fraction of sp³-hybridized carbons (Fsp3) is 0. The van der Waals surface area contributed by atoms with Crippen molar-refractivity contribution in [2.24, 2.45) is 0 Å². The number of nitrogen functional groups attached to an aromatic ring is 1.